The lowest BCUT2D eigenvalue weighted by Crippen LogP contribution is -2.37. The topological polar surface area (TPSA) is 108 Å². The monoisotopic (exact) mass is 836 g/mol. The molecule has 308 valence electrons. The lowest BCUT2D eigenvalue weighted by Gasteiger charge is -2.29. The standard InChI is InChI=1S/C22H13F6NO3.C22H16F3NO2/c23-21(24,25)17-3-1-2-16-18(17)29-19(31)20(16,12-4-8-14(30)9-5-12)13-6-10-15(11-7-13)32-22(26,27)28;1-13-5-7-14(8-6-13)21(15-9-11-16(27)12-10-15)17-3-2-4-18(22(23,24)25)19(17)26-20(21)28/h1-11,30H,(H,29,31);2-12,27H,1H3,(H,26,28). The Morgan fingerprint density at radius 2 is 0.817 bits per heavy atom. The number of halogens is 9. The van der Waals surface area contributed by atoms with E-state index in [4.69, 9.17) is 0 Å². The minimum Gasteiger partial charge on any atom is -0.508 e. The van der Waals surface area contributed by atoms with E-state index in [2.05, 4.69) is 15.4 Å². The molecule has 0 radical (unpaired) electrons. The molecule has 2 aliphatic rings. The molecule has 16 heteroatoms. The van der Waals surface area contributed by atoms with Gasteiger partial charge in [-0.25, -0.2) is 0 Å². The molecule has 60 heavy (non-hydrogen) atoms. The van der Waals surface area contributed by atoms with Gasteiger partial charge in [-0.1, -0.05) is 90.5 Å². The second kappa shape index (κ2) is 14.7. The van der Waals surface area contributed by atoms with Crippen LogP contribution in [0.5, 0.6) is 17.2 Å². The van der Waals surface area contributed by atoms with Gasteiger partial charge in [0.25, 0.3) is 0 Å². The summed E-state index contributed by atoms with van der Waals surface area (Å²) < 4.78 is 123. The van der Waals surface area contributed by atoms with Crippen LogP contribution >= 0.6 is 0 Å². The first-order chi connectivity index (χ1) is 28.2. The average Bonchev–Trinajstić information content (AvgIpc) is 3.65. The second-order valence-corrected chi connectivity index (χ2v) is 13.9. The van der Waals surface area contributed by atoms with Crippen molar-refractivity contribution in [3.8, 4) is 17.2 Å². The van der Waals surface area contributed by atoms with Gasteiger partial charge in [0.15, 0.2) is 0 Å². The summed E-state index contributed by atoms with van der Waals surface area (Å²) in [5.74, 6) is -2.07. The molecule has 2 atom stereocenters. The summed E-state index contributed by atoms with van der Waals surface area (Å²) in [4.78, 5) is 26.5. The van der Waals surface area contributed by atoms with Crippen LogP contribution in [0, 0.1) is 6.92 Å². The smallest absolute Gasteiger partial charge is 0.508 e. The first-order valence-electron chi connectivity index (χ1n) is 17.7. The van der Waals surface area contributed by atoms with Gasteiger partial charge in [0.05, 0.1) is 22.5 Å². The number of hydrogen-bond acceptors (Lipinski definition) is 5. The van der Waals surface area contributed by atoms with Gasteiger partial charge < -0.3 is 25.6 Å². The maximum absolute atomic E-state index is 13.6. The normalized spacial score (nSPS) is 18.4. The molecule has 4 N–H and O–H groups in total. The highest BCUT2D eigenvalue weighted by Crippen LogP contribution is 2.53. The minimum absolute atomic E-state index is 0.00507. The van der Waals surface area contributed by atoms with E-state index in [1.54, 1.807) is 24.3 Å². The van der Waals surface area contributed by atoms with E-state index >= 15 is 0 Å². The molecule has 0 saturated carbocycles. The number of phenols is 2. The predicted molar refractivity (Wildman–Crippen MR) is 200 cm³/mol. The summed E-state index contributed by atoms with van der Waals surface area (Å²) in [5, 5.41) is 24.1. The van der Waals surface area contributed by atoms with Gasteiger partial charge in [-0.2, -0.15) is 26.3 Å². The number of rotatable bonds is 5. The maximum atomic E-state index is 13.6. The third-order valence-corrected chi connectivity index (χ3v) is 10.3. The molecule has 2 amide bonds. The van der Waals surface area contributed by atoms with Gasteiger partial charge >= 0.3 is 18.7 Å². The van der Waals surface area contributed by atoms with Crippen molar-refractivity contribution >= 4 is 23.2 Å². The number of fused-ring (bicyclic) bond motifs is 2. The van der Waals surface area contributed by atoms with Crippen LogP contribution < -0.4 is 15.4 Å². The largest absolute Gasteiger partial charge is 0.573 e. The van der Waals surface area contributed by atoms with Crippen molar-refractivity contribution in [2.75, 3.05) is 10.6 Å². The Balaban J connectivity index is 0.000000183. The summed E-state index contributed by atoms with van der Waals surface area (Å²) in [6.07, 6.45) is -14.3. The van der Waals surface area contributed by atoms with Crippen molar-refractivity contribution < 1.29 is 64.1 Å². The van der Waals surface area contributed by atoms with Crippen molar-refractivity contribution in [2.45, 2.75) is 36.5 Å². The molecular formula is C44H29F9N2O5. The summed E-state index contributed by atoms with van der Waals surface area (Å²) in [5.41, 5.74) is -3.30. The number of amides is 2. The Kier molecular flexibility index (Phi) is 10.1. The Morgan fingerprint density at radius 3 is 1.15 bits per heavy atom. The maximum Gasteiger partial charge on any atom is 0.573 e. The third kappa shape index (κ3) is 7.11. The van der Waals surface area contributed by atoms with Crippen molar-refractivity contribution in [3.05, 3.63) is 184 Å². The molecule has 0 saturated heterocycles. The molecule has 0 aliphatic carbocycles. The highest BCUT2D eigenvalue weighted by molar-refractivity contribution is 6.13. The van der Waals surface area contributed by atoms with E-state index in [1.807, 2.05) is 19.1 Å². The van der Waals surface area contributed by atoms with E-state index in [0.29, 0.717) is 11.1 Å². The number of phenolic OH excluding ortho intramolecular Hbond substituents is 2. The van der Waals surface area contributed by atoms with Crippen LogP contribution in [0.15, 0.2) is 133 Å². The number of aryl methyl sites for hydroxylation is 1. The molecule has 0 bridgehead atoms. The number of hydrogen-bond donors (Lipinski definition) is 4. The van der Waals surface area contributed by atoms with Crippen LogP contribution in [-0.2, 0) is 32.8 Å². The van der Waals surface area contributed by atoms with Gasteiger partial charge in [0.1, 0.15) is 28.1 Å². The highest BCUT2D eigenvalue weighted by Gasteiger charge is 2.54. The molecule has 0 fully saturated rings. The van der Waals surface area contributed by atoms with Crippen LogP contribution in [0.3, 0.4) is 0 Å². The van der Waals surface area contributed by atoms with Crippen LogP contribution in [0.2, 0.25) is 0 Å². The van der Waals surface area contributed by atoms with Crippen LogP contribution in [0.25, 0.3) is 0 Å². The summed E-state index contributed by atoms with van der Waals surface area (Å²) in [6.45, 7) is 1.89. The number of aromatic hydroxyl groups is 2. The number of anilines is 2. The summed E-state index contributed by atoms with van der Waals surface area (Å²) in [6, 6.07) is 29.8. The van der Waals surface area contributed by atoms with Gasteiger partial charge in [-0.15, -0.1) is 13.2 Å². The van der Waals surface area contributed by atoms with Crippen molar-refractivity contribution in [1.82, 2.24) is 0 Å². The van der Waals surface area contributed by atoms with Crippen LogP contribution in [0.1, 0.15) is 50.1 Å². The fraction of sp³-hybridized carbons (Fsp3) is 0.136. The number of nitrogens with one attached hydrogen (secondary N) is 2. The number of benzene rings is 6. The first kappa shape index (κ1) is 41.2. The second-order valence-electron chi connectivity index (χ2n) is 13.9. The first-order valence-corrected chi connectivity index (χ1v) is 17.7. The Hall–Kier alpha value is -6.97. The lowest BCUT2D eigenvalue weighted by molar-refractivity contribution is -0.274. The third-order valence-electron chi connectivity index (χ3n) is 10.3. The molecule has 8 rings (SSSR count). The zero-order chi connectivity index (χ0) is 43.4. The SMILES string of the molecule is Cc1ccc(C2(c3ccc(O)cc3)C(=O)Nc3c(C(F)(F)F)cccc32)cc1.O=C1Nc2c(C(F)(F)F)cccc2C1(c1ccc(O)cc1)c1ccc(OC(F)(F)F)cc1. The van der Waals surface area contributed by atoms with E-state index in [1.165, 1.54) is 66.7 Å². The zero-order valence-electron chi connectivity index (χ0n) is 30.7. The van der Waals surface area contributed by atoms with Crippen LogP contribution in [-0.4, -0.2) is 28.4 Å². The summed E-state index contributed by atoms with van der Waals surface area (Å²) in [7, 11) is 0. The number of alkyl halides is 9. The Bertz CT molecular complexity index is 2540. The van der Waals surface area contributed by atoms with E-state index < -0.39 is 63.9 Å². The molecule has 2 unspecified atom stereocenters. The number of carbonyl (C=O) groups is 2. The van der Waals surface area contributed by atoms with Gasteiger partial charge in [0.2, 0.25) is 11.8 Å². The van der Waals surface area contributed by atoms with Crippen LogP contribution in [0.4, 0.5) is 50.9 Å². The van der Waals surface area contributed by atoms with E-state index in [0.717, 1.165) is 35.9 Å². The molecule has 6 aromatic rings. The fourth-order valence-corrected chi connectivity index (χ4v) is 7.74. The molecular weight excluding hydrogens is 807 g/mol. The van der Waals surface area contributed by atoms with E-state index in [9.17, 15) is 59.3 Å². The summed E-state index contributed by atoms with van der Waals surface area (Å²) >= 11 is 0. The predicted octanol–water partition coefficient (Wildman–Crippen LogP) is 10.6. The van der Waals surface area contributed by atoms with Gasteiger partial charge in [-0.3, -0.25) is 9.59 Å². The van der Waals surface area contributed by atoms with Gasteiger partial charge in [0, 0.05) is 11.1 Å². The quantitative estimate of drug-likeness (QED) is 0.129. The van der Waals surface area contributed by atoms with E-state index in [-0.39, 0.29) is 39.4 Å². The molecule has 0 aromatic heterocycles. The minimum atomic E-state index is -4.94. The molecule has 0 spiro atoms. The molecule has 2 heterocycles. The van der Waals surface area contributed by atoms with Gasteiger partial charge in [-0.05, 0) is 77.7 Å². The Morgan fingerprint density at radius 1 is 0.483 bits per heavy atom. The number of ether oxygens (including phenoxy) is 1. The Labute approximate surface area is 334 Å². The number of para-hydroxylation sites is 2. The molecule has 7 nitrogen and oxygen atoms in total. The molecule has 2 aliphatic heterocycles. The lowest BCUT2D eigenvalue weighted by atomic mass is 9.70. The van der Waals surface area contributed by atoms with Crippen molar-refractivity contribution in [1.29, 1.82) is 0 Å². The van der Waals surface area contributed by atoms with Crippen molar-refractivity contribution in [2.24, 2.45) is 0 Å². The molecule has 6 aromatic carbocycles. The fourth-order valence-electron chi connectivity index (χ4n) is 7.74. The average molecular weight is 837 g/mol. The van der Waals surface area contributed by atoms with Crippen molar-refractivity contribution in [3.63, 3.8) is 0 Å². The highest BCUT2D eigenvalue weighted by atomic mass is 19.4. The zero-order valence-corrected chi connectivity index (χ0v) is 30.7. The number of carbonyl (C=O) groups excluding carboxylic acids is 2.